The number of fused-ring (bicyclic) bond motifs is 1. The maximum Gasteiger partial charge on any atom is 0.281 e. The number of halogens is 2. The van der Waals surface area contributed by atoms with Gasteiger partial charge in [-0.3, -0.25) is 4.79 Å². The summed E-state index contributed by atoms with van der Waals surface area (Å²) in [5, 5.41) is 5.54. The van der Waals surface area contributed by atoms with Gasteiger partial charge >= 0.3 is 0 Å². The van der Waals surface area contributed by atoms with Gasteiger partial charge < -0.3 is 0 Å². The van der Waals surface area contributed by atoms with Crippen LogP contribution >= 0.6 is 23.2 Å². The zero-order chi connectivity index (χ0) is 14.8. The molecule has 0 amide bonds. The molecule has 0 N–H and O–H groups in total. The molecular weight excluding hydrogens is 309 g/mol. The first-order valence-electron chi connectivity index (χ1n) is 6.11. The highest BCUT2D eigenvalue weighted by Crippen LogP contribution is 2.21. The first-order chi connectivity index (χ1) is 10.1. The van der Waals surface area contributed by atoms with Crippen LogP contribution in [-0.4, -0.2) is 15.9 Å². The van der Waals surface area contributed by atoms with Crippen LogP contribution in [0.3, 0.4) is 0 Å². The van der Waals surface area contributed by atoms with Crippen molar-refractivity contribution in [2.75, 3.05) is 0 Å². The third-order valence-corrected chi connectivity index (χ3v) is 3.66. The molecule has 0 atom stereocenters. The third kappa shape index (κ3) is 2.82. The van der Waals surface area contributed by atoms with E-state index in [-0.39, 0.29) is 5.56 Å². The SMILES string of the molecule is O=c1c2ccccc2ncn1/N=C/c1ccc(Cl)c(Cl)c1. The largest absolute Gasteiger partial charge is 0.281 e. The number of nitrogens with zero attached hydrogens (tertiary/aromatic N) is 3. The molecule has 3 aromatic rings. The Morgan fingerprint density at radius 2 is 1.90 bits per heavy atom. The van der Waals surface area contributed by atoms with Gasteiger partial charge in [-0.25, -0.2) is 4.98 Å². The molecule has 6 heteroatoms. The van der Waals surface area contributed by atoms with Gasteiger partial charge in [0.15, 0.2) is 0 Å². The molecule has 0 unspecified atom stereocenters. The van der Waals surface area contributed by atoms with E-state index in [4.69, 9.17) is 23.2 Å². The third-order valence-electron chi connectivity index (χ3n) is 2.92. The second-order valence-corrected chi connectivity index (χ2v) is 5.14. The van der Waals surface area contributed by atoms with Gasteiger partial charge in [0.25, 0.3) is 5.56 Å². The van der Waals surface area contributed by atoms with Gasteiger partial charge in [-0.05, 0) is 29.8 Å². The van der Waals surface area contributed by atoms with Crippen molar-refractivity contribution in [3.63, 3.8) is 0 Å². The van der Waals surface area contributed by atoms with E-state index in [1.165, 1.54) is 17.2 Å². The van der Waals surface area contributed by atoms with Crippen LogP contribution in [0.25, 0.3) is 10.9 Å². The van der Waals surface area contributed by atoms with Crippen molar-refractivity contribution in [2.45, 2.75) is 0 Å². The van der Waals surface area contributed by atoms with Crippen LogP contribution in [0.1, 0.15) is 5.56 Å². The fourth-order valence-corrected chi connectivity index (χ4v) is 2.17. The Morgan fingerprint density at radius 3 is 2.71 bits per heavy atom. The van der Waals surface area contributed by atoms with Gasteiger partial charge in [-0.2, -0.15) is 9.78 Å². The number of para-hydroxylation sites is 1. The summed E-state index contributed by atoms with van der Waals surface area (Å²) in [6, 6.07) is 12.2. The number of benzene rings is 2. The molecule has 0 aliphatic rings. The normalized spacial score (nSPS) is 11.3. The Labute approximate surface area is 130 Å². The van der Waals surface area contributed by atoms with Gasteiger partial charge in [0.1, 0.15) is 6.33 Å². The van der Waals surface area contributed by atoms with E-state index in [0.717, 1.165) is 5.56 Å². The molecule has 0 spiro atoms. The number of hydrogen-bond donors (Lipinski definition) is 0. The van der Waals surface area contributed by atoms with Gasteiger partial charge in [0, 0.05) is 0 Å². The van der Waals surface area contributed by atoms with Crippen molar-refractivity contribution in [1.29, 1.82) is 0 Å². The van der Waals surface area contributed by atoms with Crippen molar-refractivity contribution < 1.29 is 0 Å². The highest BCUT2D eigenvalue weighted by Gasteiger charge is 2.02. The van der Waals surface area contributed by atoms with Crippen molar-refractivity contribution in [3.8, 4) is 0 Å². The lowest BCUT2D eigenvalue weighted by Gasteiger charge is -2.01. The minimum atomic E-state index is -0.225. The summed E-state index contributed by atoms with van der Waals surface area (Å²) in [7, 11) is 0. The van der Waals surface area contributed by atoms with Gasteiger partial charge in [-0.1, -0.05) is 41.4 Å². The minimum Gasteiger partial charge on any atom is -0.267 e. The van der Waals surface area contributed by atoms with Crippen LogP contribution in [0.15, 0.2) is 58.7 Å². The molecule has 1 heterocycles. The predicted octanol–water partition coefficient (Wildman–Crippen LogP) is 3.59. The molecule has 0 aliphatic carbocycles. The Balaban J connectivity index is 2.01. The second kappa shape index (κ2) is 5.68. The fourth-order valence-electron chi connectivity index (χ4n) is 1.86. The van der Waals surface area contributed by atoms with Crippen LogP contribution < -0.4 is 5.56 Å². The smallest absolute Gasteiger partial charge is 0.267 e. The molecule has 21 heavy (non-hydrogen) atoms. The molecule has 0 radical (unpaired) electrons. The maximum absolute atomic E-state index is 12.2. The summed E-state index contributed by atoms with van der Waals surface area (Å²) < 4.78 is 1.19. The average molecular weight is 318 g/mol. The average Bonchev–Trinajstić information content (AvgIpc) is 2.50. The van der Waals surface area contributed by atoms with Crippen molar-refractivity contribution in [3.05, 3.63) is 74.8 Å². The van der Waals surface area contributed by atoms with Crippen LogP contribution in [0.2, 0.25) is 10.0 Å². The molecule has 0 bridgehead atoms. The van der Waals surface area contributed by atoms with Crippen molar-refractivity contribution in [2.24, 2.45) is 5.10 Å². The minimum absolute atomic E-state index is 0.225. The number of aromatic nitrogens is 2. The highest BCUT2D eigenvalue weighted by atomic mass is 35.5. The molecule has 0 saturated carbocycles. The zero-order valence-electron chi connectivity index (χ0n) is 10.7. The molecule has 0 saturated heterocycles. The topological polar surface area (TPSA) is 47.2 Å². The van der Waals surface area contributed by atoms with Crippen LogP contribution in [0.4, 0.5) is 0 Å². The Kier molecular flexibility index (Phi) is 3.73. The lowest BCUT2D eigenvalue weighted by Crippen LogP contribution is -2.16. The molecule has 1 aromatic heterocycles. The van der Waals surface area contributed by atoms with E-state index in [0.29, 0.717) is 20.9 Å². The van der Waals surface area contributed by atoms with Crippen molar-refractivity contribution >= 4 is 40.3 Å². The second-order valence-electron chi connectivity index (χ2n) is 4.33. The highest BCUT2D eigenvalue weighted by molar-refractivity contribution is 6.42. The first-order valence-corrected chi connectivity index (χ1v) is 6.86. The summed E-state index contributed by atoms with van der Waals surface area (Å²) in [6.07, 6.45) is 2.92. The van der Waals surface area contributed by atoms with E-state index in [9.17, 15) is 4.79 Å². The molecule has 3 rings (SSSR count). The van der Waals surface area contributed by atoms with E-state index in [1.54, 1.807) is 36.4 Å². The maximum atomic E-state index is 12.2. The monoisotopic (exact) mass is 317 g/mol. The van der Waals surface area contributed by atoms with Gasteiger partial charge in [0.05, 0.1) is 27.2 Å². The molecule has 0 aliphatic heterocycles. The molecule has 0 fully saturated rings. The zero-order valence-corrected chi connectivity index (χ0v) is 12.2. The van der Waals surface area contributed by atoms with E-state index in [2.05, 4.69) is 10.1 Å². The summed E-state index contributed by atoms with van der Waals surface area (Å²) in [4.78, 5) is 16.4. The standard InChI is InChI=1S/C15H9Cl2N3O/c16-12-6-5-10(7-13(12)17)8-19-20-9-18-14-4-2-1-3-11(14)15(20)21/h1-9H/b19-8+. The lowest BCUT2D eigenvalue weighted by atomic mass is 10.2. The van der Waals surface area contributed by atoms with Crippen molar-refractivity contribution in [1.82, 2.24) is 9.66 Å². The summed E-state index contributed by atoms with van der Waals surface area (Å²) >= 11 is 11.8. The van der Waals surface area contributed by atoms with Gasteiger partial charge in [0.2, 0.25) is 0 Å². The predicted molar refractivity (Wildman–Crippen MR) is 85.5 cm³/mol. The number of hydrogen-bond acceptors (Lipinski definition) is 3. The Hall–Kier alpha value is -2.17. The molecule has 104 valence electrons. The van der Waals surface area contributed by atoms with Crippen LogP contribution in [0, 0.1) is 0 Å². The Bertz CT molecular complexity index is 903. The van der Waals surface area contributed by atoms with E-state index >= 15 is 0 Å². The molecule has 4 nitrogen and oxygen atoms in total. The van der Waals surface area contributed by atoms with E-state index in [1.807, 2.05) is 6.07 Å². The Morgan fingerprint density at radius 1 is 1.10 bits per heavy atom. The number of rotatable bonds is 2. The fraction of sp³-hybridized carbons (Fsp3) is 0. The molecular formula is C15H9Cl2N3O. The first kappa shape index (κ1) is 13.8. The summed E-state index contributed by atoms with van der Waals surface area (Å²) in [6.45, 7) is 0. The van der Waals surface area contributed by atoms with Crippen LogP contribution in [0.5, 0.6) is 0 Å². The molecule has 2 aromatic carbocycles. The van der Waals surface area contributed by atoms with Gasteiger partial charge in [-0.15, -0.1) is 0 Å². The lowest BCUT2D eigenvalue weighted by molar-refractivity contribution is 0.817. The van der Waals surface area contributed by atoms with Crippen LogP contribution in [-0.2, 0) is 0 Å². The van der Waals surface area contributed by atoms with E-state index < -0.39 is 0 Å². The summed E-state index contributed by atoms with van der Waals surface area (Å²) in [5.74, 6) is 0. The summed E-state index contributed by atoms with van der Waals surface area (Å²) in [5.41, 5.74) is 1.16. The quantitative estimate of drug-likeness (QED) is 0.678.